The average Bonchev–Trinajstić information content (AvgIpc) is 3.28. The molecule has 0 spiro atoms. The van der Waals surface area contributed by atoms with E-state index in [1.165, 1.54) is 18.5 Å². The van der Waals surface area contributed by atoms with Crippen molar-refractivity contribution >= 4 is 0 Å². The highest BCUT2D eigenvalue weighted by Gasteiger charge is 2.23. The summed E-state index contributed by atoms with van der Waals surface area (Å²) in [6, 6.07) is 4.08. The number of aromatic amines is 1. The SMILES string of the molecule is Cn1cc(-c2cc(CN3CCCC(c4ccn[nH]4)C3)on2)cn1. The van der Waals surface area contributed by atoms with Gasteiger partial charge in [-0.3, -0.25) is 14.7 Å². The molecule has 0 saturated carbocycles. The molecule has 7 nitrogen and oxygen atoms in total. The first-order valence-electron chi connectivity index (χ1n) is 7.94. The summed E-state index contributed by atoms with van der Waals surface area (Å²) in [6.07, 6.45) is 7.96. The minimum Gasteiger partial charge on any atom is -0.359 e. The Hall–Kier alpha value is -2.41. The molecule has 1 aliphatic heterocycles. The molecular formula is C16H20N6O. The number of nitrogens with one attached hydrogen (secondary N) is 1. The van der Waals surface area contributed by atoms with Gasteiger partial charge in [-0.1, -0.05) is 5.16 Å². The maximum absolute atomic E-state index is 5.51. The minimum atomic E-state index is 0.520. The highest BCUT2D eigenvalue weighted by atomic mass is 16.5. The number of nitrogens with zero attached hydrogens (tertiary/aromatic N) is 5. The first-order chi connectivity index (χ1) is 11.3. The lowest BCUT2D eigenvalue weighted by molar-refractivity contribution is 0.179. The van der Waals surface area contributed by atoms with Crippen molar-refractivity contribution in [2.24, 2.45) is 7.05 Å². The van der Waals surface area contributed by atoms with E-state index in [1.807, 2.05) is 25.5 Å². The van der Waals surface area contributed by atoms with Crippen LogP contribution < -0.4 is 0 Å². The van der Waals surface area contributed by atoms with E-state index in [-0.39, 0.29) is 0 Å². The summed E-state index contributed by atoms with van der Waals surface area (Å²) in [4.78, 5) is 2.42. The van der Waals surface area contributed by atoms with E-state index >= 15 is 0 Å². The Labute approximate surface area is 134 Å². The number of piperidine rings is 1. The summed E-state index contributed by atoms with van der Waals surface area (Å²) in [6.45, 7) is 2.90. The molecule has 1 unspecified atom stereocenters. The molecule has 3 aromatic rings. The summed E-state index contributed by atoms with van der Waals surface area (Å²) in [5, 5.41) is 15.5. The zero-order chi connectivity index (χ0) is 15.6. The fourth-order valence-corrected chi connectivity index (χ4v) is 3.24. The third-order valence-corrected chi connectivity index (χ3v) is 4.41. The predicted octanol–water partition coefficient (Wildman–Crippen LogP) is 2.18. The predicted molar refractivity (Wildman–Crippen MR) is 84.5 cm³/mol. The van der Waals surface area contributed by atoms with Gasteiger partial charge in [-0.25, -0.2) is 0 Å². The van der Waals surface area contributed by atoms with E-state index in [0.29, 0.717) is 5.92 Å². The number of aryl methyl sites for hydroxylation is 1. The van der Waals surface area contributed by atoms with Crippen LogP contribution in [0.2, 0.25) is 0 Å². The molecule has 1 fully saturated rings. The smallest absolute Gasteiger partial charge is 0.151 e. The minimum absolute atomic E-state index is 0.520. The quantitative estimate of drug-likeness (QED) is 0.799. The third-order valence-electron chi connectivity index (χ3n) is 4.41. The van der Waals surface area contributed by atoms with Gasteiger partial charge < -0.3 is 4.52 Å². The molecule has 0 aromatic carbocycles. The van der Waals surface area contributed by atoms with Crippen LogP contribution in [0.3, 0.4) is 0 Å². The number of aromatic nitrogens is 5. The standard InChI is InChI=1S/C16H20N6O/c1-21-9-13(8-18-21)16-7-14(23-20-16)11-22-6-2-3-12(10-22)15-4-5-17-19-15/h4-5,7-9,12H,2-3,6,10-11H2,1H3,(H,17,19). The summed E-state index contributed by atoms with van der Waals surface area (Å²) >= 11 is 0. The van der Waals surface area contributed by atoms with Gasteiger partial charge in [0.15, 0.2) is 5.76 Å². The fraction of sp³-hybridized carbons (Fsp3) is 0.438. The van der Waals surface area contributed by atoms with Crippen molar-refractivity contribution < 1.29 is 4.52 Å². The second kappa shape index (κ2) is 6.00. The van der Waals surface area contributed by atoms with E-state index in [1.54, 1.807) is 10.9 Å². The van der Waals surface area contributed by atoms with Gasteiger partial charge in [-0.15, -0.1) is 0 Å². The number of hydrogen-bond donors (Lipinski definition) is 1. The van der Waals surface area contributed by atoms with Crippen LogP contribution in [0.25, 0.3) is 11.3 Å². The maximum atomic E-state index is 5.51. The molecule has 1 aliphatic rings. The number of hydrogen-bond acceptors (Lipinski definition) is 5. The van der Waals surface area contributed by atoms with Crippen molar-refractivity contribution in [2.45, 2.75) is 25.3 Å². The van der Waals surface area contributed by atoms with Crippen molar-refractivity contribution in [1.29, 1.82) is 0 Å². The Morgan fingerprint density at radius 1 is 1.43 bits per heavy atom. The fourth-order valence-electron chi connectivity index (χ4n) is 3.24. The first kappa shape index (κ1) is 14.2. The Kier molecular flexibility index (Phi) is 3.70. The monoisotopic (exact) mass is 312 g/mol. The van der Waals surface area contributed by atoms with E-state index in [4.69, 9.17) is 4.52 Å². The van der Waals surface area contributed by atoms with Crippen LogP contribution >= 0.6 is 0 Å². The molecule has 23 heavy (non-hydrogen) atoms. The third kappa shape index (κ3) is 3.05. The Bertz CT molecular complexity index is 759. The molecular weight excluding hydrogens is 292 g/mol. The molecule has 1 saturated heterocycles. The largest absolute Gasteiger partial charge is 0.359 e. The summed E-state index contributed by atoms with van der Waals surface area (Å²) in [5.41, 5.74) is 3.05. The van der Waals surface area contributed by atoms with Gasteiger partial charge in [0.1, 0.15) is 5.69 Å². The number of rotatable bonds is 4. The lowest BCUT2D eigenvalue weighted by atomic mass is 9.95. The van der Waals surface area contributed by atoms with Crippen LogP contribution in [0.5, 0.6) is 0 Å². The highest BCUT2D eigenvalue weighted by molar-refractivity contribution is 5.56. The van der Waals surface area contributed by atoms with Crippen LogP contribution in [-0.4, -0.2) is 43.1 Å². The summed E-state index contributed by atoms with van der Waals surface area (Å²) in [5.74, 6) is 1.42. The molecule has 4 rings (SSSR count). The maximum Gasteiger partial charge on any atom is 0.151 e. The summed E-state index contributed by atoms with van der Waals surface area (Å²) < 4.78 is 7.28. The molecule has 0 radical (unpaired) electrons. The number of likely N-dealkylation sites (tertiary alicyclic amines) is 1. The van der Waals surface area contributed by atoms with Crippen LogP contribution in [-0.2, 0) is 13.6 Å². The lowest BCUT2D eigenvalue weighted by Crippen LogP contribution is -2.33. The zero-order valence-corrected chi connectivity index (χ0v) is 13.1. The molecule has 0 bridgehead atoms. The molecule has 0 aliphatic carbocycles. The van der Waals surface area contributed by atoms with E-state index < -0.39 is 0 Å². The van der Waals surface area contributed by atoms with Gasteiger partial charge in [0, 0.05) is 49.2 Å². The van der Waals surface area contributed by atoms with Crippen LogP contribution in [0.4, 0.5) is 0 Å². The van der Waals surface area contributed by atoms with Crippen LogP contribution in [0.15, 0.2) is 35.2 Å². The van der Waals surface area contributed by atoms with E-state index in [0.717, 1.165) is 36.7 Å². The van der Waals surface area contributed by atoms with Gasteiger partial charge in [0.25, 0.3) is 0 Å². The van der Waals surface area contributed by atoms with Gasteiger partial charge in [-0.2, -0.15) is 10.2 Å². The molecule has 7 heteroatoms. The van der Waals surface area contributed by atoms with Crippen LogP contribution in [0, 0.1) is 0 Å². The zero-order valence-electron chi connectivity index (χ0n) is 13.1. The Balaban J connectivity index is 1.43. The second-order valence-corrected chi connectivity index (χ2v) is 6.17. The van der Waals surface area contributed by atoms with Gasteiger partial charge >= 0.3 is 0 Å². The second-order valence-electron chi connectivity index (χ2n) is 6.17. The lowest BCUT2D eigenvalue weighted by Gasteiger charge is -2.31. The van der Waals surface area contributed by atoms with E-state index in [2.05, 4.69) is 31.4 Å². The van der Waals surface area contributed by atoms with Crippen molar-refractivity contribution in [3.63, 3.8) is 0 Å². The average molecular weight is 312 g/mol. The molecule has 3 aromatic heterocycles. The molecule has 1 N–H and O–H groups in total. The highest BCUT2D eigenvalue weighted by Crippen LogP contribution is 2.27. The molecule has 1 atom stereocenters. The van der Waals surface area contributed by atoms with Crippen LogP contribution in [0.1, 0.15) is 30.2 Å². The van der Waals surface area contributed by atoms with E-state index in [9.17, 15) is 0 Å². The van der Waals surface area contributed by atoms with Crippen molar-refractivity contribution in [3.8, 4) is 11.3 Å². The normalized spacial score (nSPS) is 19.3. The molecule has 120 valence electrons. The van der Waals surface area contributed by atoms with Gasteiger partial charge in [0.05, 0.1) is 12.7 Å². The number of H-pyrrole nitrogens is 1. The van der Waals surface area contributed by atoms with Crippen molar-refractivity contribution in [3.05, 3.63) is 42.2 Å². The van der Waals surface area contributed by atoms with Gasteiger partial charge in [-0.05, 0) is 25.5 Å². The van der Waals surface area contributed by atoms with Gasteiger partial charge in [0.2, 0.25) is 0 Å². The first-order valence-corrected chi connectivity index (χ1v) is 7.94. The molecule has 4 heterocycles. The Morgan fingerprint density at radius 3 is 3.17 bits per heavy atom. The Morgan fingerprint density at radius 2 is 2.39 bits per heavy atom. The topological polar surface area (TPSA) is 75.8 Å². The van der Waals surface area contributed by atoms with Crippen molar-refractivity contribution in [2.75, 3.05) is 13.1 Å². The summed E-state index contributed by atoms with van der Waals surface area (Å²) in [7, 11) is 1.90. The van der Waals surface area contributed by atoms with Crippen molar-refractivity contribution in [1.82, 2.24) is 30.0 Å². The molecule has 0 amide bonds.